The molecule has 0 saturated carbocycles. The summed E-state index contributed by atoms with van der Waals surface area (Å²) in [6.45, 7) is 1.25. The molecular weight excluding hydrogens is 354 g/mol. The van der Waals surface area contributed by atoms with Crippen molar-refractivity contribution in [1.82, 2.24) is 0 Å². The number of nitrogens with one attached hydrogen (secondary N) is 1. The number of furan rings is 1. The fourth-order valence-electron chi connectivity index (χ4n) is 2.20. The van der Waals surface area contributed by atoms with Gasteiger partial charge in [0.15, 0.2) is 18.1 Å². The van der Waals surface area contributed by atoms with Crippen molar-refractivity contribution >= 4 is 23.6 Å². The van der Waals surface area contributed by atoms with E-state index in [1.165, 1.54) is 31.4 Å². The van der Waals surface area contributed by atoms with Crippen molar-refractivity contribution < 1.29 is 27.6 Å². The molecule has 138 valence electrons. The summed E-state index contributed by atoms with van der Waals surface area (Å²) in [5, 5.41) is 2.61. The Morgan fingerprint density at radius 2 is 1.96 bits per heavy atom. The fourth-order valence-corrected chi connectivity index (χ4v) is 2.20. The minimum Gasteiger partial charge on any atom is -0.465 e. The minimum absolute atomic E-state index is 0.122. The first-order chi connectivity index (χ1) is 13.0. The van der Waals surface area contributed by atoms with Crippen LogP contribution in [0.5, 0.6) is 0 Å². The number of para-hydroxylation sites is 1. The van der Waals surface area contributed by atoms with Gasteiger partial charge in [0, 0.05) is 6.08 Å². The summed E-state index contributed by atoms with van der Waals surface area (Å²) in [5.74, 6) is -1.12. The number of esters is 1. The predicted molar refractivity (Wildman–Crippen MR) is 93.9 cm³/mol. The minimum atomic E-state index is -0.866. The number of amides is 1. The Morgan fingerprint density at radius 1 is 1.15 bits per heavy atom. The third kappa shape index (κ3) is 4.63. The molecule has 0 spiro atoms. The quantitative estimate of drug-likeness (QED) is 0.525. The number of carbonyl (C=O) groups excluding carboxylic acids is 2. The van der Waals surface area contributed by atoms with Crippen LogP contribution >= 0.6 is 0 Å². The summed E-state index contributed by atoms with van der Waals surface area (Å²) in [6.07, 6.45) is 4.27. The summed E-state index contributed by atoms with van der Waals surface area (Å²) >= 11 is 0. The standard InChI is InChI=1S/C19H15NO7/c1-12-16(27-19(23)26-12)11-25-18(22)14-6-2-3-7-15(14)20-17(21)9-8-13-5-4-10-24-13/h2-10H,11H2,1H3,(H,20,21). The van der Waals surface area contributed by atoms with E-state index in [9.17, 15) is 14.4 Å². The van der Waals surface area contributed by atoms with Crippen molar-refractivity contribution in [2.24, 2.45) is 0 Å². The largest absolute Gasteiger partial charge is 0.519 e. The molecule has 3 rings (SSSR count). The van der Waals surface area contributed by atoms with Crippen molar-refractivity contribution in [3.63, 3.8) is 0 Å². The Bertz CT molecular complexity index is 1020. The highest BCUT2D eigenvalue weighted by molar-refractivity contribution is 6.06. The van der Waals surface area contributed by atoms with Gasteiger partial charge in [0.25, 0.3) is 0 Å². The molecule has 2 heterocycles. The lowest BCUT2D eigenvalue weighted by Crippen LogP contribution is -2.13. The zero-order valence-electron chi connectivity index (χ0n) is 14.3. The van der Waals surface area contributed by atoms with Crippen LogP contribution in [-0.2, 0) is 16.1 Å². The Morgan fingerprint density at radius 3 is 2.67 bits per heavy atom. The third-order valence-corrected chi connectivity index (χ3v) is 3.52. The van der Waals surface area contributed by atoms with Crippen LogP contribution < -0.4 is 11.1 Å². The maximum absolute atomic E-state index is 12.3. The van der Waals surface area contributed by atoms with E-state index in [4.69, 9.17) is 18.0 Å². The molecule has 3 aromatic rings. The molecule has 0 aliphatic rings. The van der Waals surface area contributed by atoms with Gasteiger partial charge >= 0.3 is 11.8 Å². The van der Waals surface area contributed by atoms with Crippen LogP contribution in [-0.4, -0.2) is 11.9 Å². The van der Waals surface area contributed by atoms with Gasteiger partial charge in [0.05, 0.1) is 17.5 Å². The summed E-state index contributed by atoms with van der Waals surface area (Å²) in [4.78, 5) is 35.4. The number of benzene rings is 1. The SMILES string of the molecule is Cc1oc(=O)oc1COC(=O)c1ccccc1NC(=O)C=Cc1ccco1. The van der Waals surface area contributed by atoms with Gasteiger partial charge < -0.3 is 23.3 Å². The number of ether oxygens (including phenoxy) is 1. The van der Waals surface area contributed by atoms with Crippen LogP contribution in [0.1, 0.15) is 27.6 Å². The molecule has 0 radical (unpaired) electrons. The highest BCUT2D eigenvalue weighted by Crippen LogP contribution is 2.18. The topological polar surface area (TPSA) is 112 Å². The van der Waals surface area contributed by atoms with Crippen molar-refractivity contribution in [2.75, 3.05) is 5.32 Å². The summed E-state index contributed by atoms with van der Waals surface area (Å²) in [7, 11) is 0. The number of carbonyl (C=O) groups is 2. The molecule has 1 amide bonds. The maximum Gasteiger partial charge on any atom is 0.519 e. The molecular formula is C19H15NO7. The number of hydrogen-bond acceptors (Lipinski definition) is 7. The van der Waals surface area contributed by atoms with E-state index in [0.717, 1.165) is 0 Å². The zero-order chi connectivity index (χ0) is 19.2. The number of aryl methyl sites for hydroxylation is 1. The van der Waals surface area contributed by atoms with Crippen molar-refractivity contribution in [3.05, 3.63) is 82.2 Å². The van der Waals surface area contributed by atoms with E-state index in [2.05, 4.69) is 5.32 Å². The monoisotopic (exact) mass is 369 g/mol. The van der Waals surface area contributed by atoms with E-state index in [1.807, 2.05) is 0 Å². The van der Waals surface area contributed by atoms with Gasteiger partial charge in [-0.1, -0.05) is 12.1 Å². The highest BCUT2D eigenvalue weighted by Gasteiger charge is 2.16. The lowest BCUT2D eigenvalue weighted by molar-refractivity contribution is -0.111. The summed E-state index contributed by atoms with van der Waals surface area (Å²) in [6, 6.07) is 9.78. The number of anilines is 1. The molecule has 8 heteroatoms. The summed E-state index contributed by atoms with van der Waals surface area (Å²) < 4.78 is 19.7. The predicted octanol–water partition coefficient (Wildman–Crippen LogP) is 3.14. The van der Waals surface area contributed by atoms with Gasteiger partial charge in [-0.05, 0) is 37.3 Å². The van der Waals surface area contributed by atoms with E-state index in [0.29, 0.717) is 5.76 Å². The van der Waals surface area contributed by atoms with Crippen LogP contribution in [0, 0.1) is 6.92 Å². The van der Waals surface area contributed by atoms with Crippen molar-refractivity contribution in [1.29, 1.82) is 0 Å². The van der Waals surface area contributed by atoms with Crippen LogP contribution in [0.25, 0.3) is 6.08 Å². The molecule has 0 aliphatic carbocycles. The van der Waals surface area contributed by atoms with Crippen LogP contribution in [0.4, 0.5) is 5.69 Å². The Balaban J connectivity index is 1.67. The molecule has 2 aromatic heterocycles. The smallest absolute Gasteiger partial charge is 0.465 e. The maximum atomic E-state index is 12.3. The molecule has 0 unspecified atom stereocenters. The van der Waals surface area contributed by atoms with E-state index in [-0.39, 0.29) is 29.4 Å². The molecule has 0 saturated heterocycles. The lowest BCUT2D eigenvalue weighted by atomic mass is 10.1. The van der Waals surface area contributed by atoms with Gasteiger partial charge in [-0.25, -0.2) is 9.59 Å². The van der Waals surface area contributed by atoms with Gasteiger partial charge in [0.1, 0.15) is 5.76 Å². The van der Waals surface area contributed by atoms with Gasteiger partial charge in [0.2, 0.25) is 5.91 Å². The van der Waals surface area contributed by atoms with Gasteiger partial charge in [-0.3, -0.25) is 4.79 Å². The Kier molecular flexibility index (Phi) is 5.36. The number of hydrogen-bond donors (Lipinski definition) is 1. The molecule has 0 fully saturated rings. The highest BCUT2D eigenvalue weighted by atomic mass is 16.6. The second-order valence-corrected chi connectivity index (χ2v) is 5.39. The van der Waals surface area contributed by atoms with Crippen LogP contribution in [0.2, 0.25) is 0 Å². The average Bonchev–Trinajstić information content (AvgIpc) is 3.27. The zero-order valence-corrected chi connectivity index (χ0v) is 14.3. The van der Waals surface area contributed by atoms with Crippen molar-refractivity contribution in [2.45, 2.75) is 13.5 Å². The van der Waals surface area contributed by atoms with Crippen LogP contribution in [0.3, 0.4) is 0 Å². The molecule has 0 aliphatic heterocycles. The molecule has 27 heavy (non-hydrogen) atoms. The molecule has 0 bridgehead atoms. The van der Waals surface area contributed by atoms with Crippen molar-refractivity contribution in [3.8, 4) is 0 Å². The Labute approximate surface area is 153 Å². The van der Waals surface area contributed by atoms with Gasteiger partial charge in [-0.15, -0.1) is 0 Å². The Hall–Kier alpha value is -3.81. The average molecular weight is 369 g/mol. The first-order valence-electron chi connectivity index (χ1n) is 7.91. The van der Waals surface area contributed by atoms with E-state index in [1.54, 1.807) is 30.3 Å². The first kappa shape index (κ1) is 18.0. The lowest BCUT2D eigenvalue weighted by Gasteiger charge is -2.09. The number of rotatable bonds is 6. The second kappa shape index (κ2) is 8.05. The second-order valence-electron chi connectivity index (χ2n) is 5.39. The fraction of sp³-hybridized carbons (Fsp3) is 0.105. The summed E-state index contributed by atoms with van der Waals surface area (Å²) in [5.41, 5.74) is 0.433. The normalized spacial score (nSPS) is 10.9. The third-order valence-electron chi connectivity index (χ3n) is 3.52. The van der Waals surface area contributed by atoms with Crippen LogP contribution in [0.15, 0.2) is 66.8 Å². The molecule has 8 nitrogen and oxygen atoms in total. The van der Waals surface area contributed by atoms with E-state index >= 15 is 0 Å². The first-order valence-corrected chi connectivity index (χ1v) is 7.91. The van der Waals surface area contributed by atoms with Gasteiger partial charge in [-0.2, -0.15) is 0 Å². The molecule has 1 aromatic carbocycles. The molecule has 0 atom stereocenters. The van der Waals surface area contributed by atoms with E-state index < -0.39 is 17.7 Å². The molecule has 1 N–H and O–H groups in total.